The molecule has 21 heavy (non-hydrogen) atoms. The molecule has 0 aromatic carbocycles. The third kappa shape index (κ3) is 2.84. The first-order valence-corrected chi connectivity index (χ1v) is 6.45. The molecule has 0 aliphatic heterocycles. The quantitative estimate of drug-likeness (QED) is 0.869. The summed E-state index contributed by atoms with van der Waals surface area (Å²) in [4.78, 5) is 22.6. The molecule has 0 aliphatic rings. The largest absolute Gasteiger partial charge is 0.432 e. The van der Waals surface area contributed by atoms with Crippen LogP contribution in [-0.4, -0.2) is 22.2 Å². The summed E-state index contributed by atoms with van der Waals surface area (Å²) in [5.41, 5.74) is 7.75. The molecule has 1 rings (SSSR count). The fourth-order valence-corrected chi connectivity index (χ4v) is 2.73. The zero-order chi connectivity index (χ0) is 16.6. The van der Waals surface area contributed by atoms with Gasteiger partial charge in [-0.3, -0.25) is 4.79 Å². The highest BCUT2D eigenvalue weighted by Crippen LogP contribution is 2.53. The Kier molecular flexibility index (Phi) is 4.04. The van der Waals surface area contributed by atoms with E-state index in [1.54, 1.807) is 0 Å². The second kappa shape index (κ2) is 5.01. The molecule has 118 valence electrons. The molecule has 0 bridgehead atoms. The lowest BCUT2D eigenvalue weighted by molar-refractivity contribution is -0.161. The van der Waals surface area contributed by atoms with Gasteiger partial charge in [-0.05, 0) is 0 Å². The van der Waals surface area contributed by atoms with Crippen molar-refractivity contribution >= 4 is 12.0 Å². The number of carbonyl (C=O) groups is 2. The topological polar surface area (TPSA) is 134 Å². The van der Waals surface area contributed by atoms with Gasteiger partial charge in [-0.1, -0.05) is 41.5 Å². The number of hydrogen-bond acceptors (Lipinski definition) is 6. The second-order valence-corrected chi connectivity index (χ2v) is 6.88. The number of primary amides is 2. The van der Waals surface area contributed by atoms with Crippen LogP contribution in [0.5, 0.6) is 0 Å². The Bertz CT molecular complexity index is 537. The highest BCUT2D eigenvalue weighted by atomic mass is 16.6. The van der Waals surface area contributed by atoms with E-state index in [9.17, 15) is 9.59 Å². The second-order valence-electron chi connectivity index (χ2n) is 6.88. The molecule has 4 N–H and O–H groups in total. The highest BCUT2D eigenvalue weighted by molar-refractivity contribution is 5.87. The summed E-state index contributed by atoms with van der Waals surface area (Å²) in [5.74, 6) is -1.23. The maximum atomic E-state index is 11.4. The number of hydrogen-bond donors (Lipinski definition) is 2. The van der Waals surface area contributed by atoms with Crippen LogP contribution in [0.25, 0.3) is 0 Å². The Morgan fingerprint density at radius 3 is 1.76 bits per heavy atom. The molecule has 8 nitrogen and oxygen atoms in total. The maximum Gasteiger partial charge on any atom is 0.405 e. The monoisotopic (exact) mass is 298 g/mol. The Labute approximate surface area is 123 Å². The van der Waals surface area contributed by atoms with Gasteiger partial charge in [-0.25, -0.2) is 4.79 Å². The van der Waals surface area contributed by atoms with Gasteiger partial charge in [0, 0.05) is 10.8 Å². The van der Waals surface area contributed by atoms with Gasteiger partial charge in [0.15, 0.2) is 0 Å². The molecule has 0 saturated carbocycles. The van der Waals surface area contributed by atoms with E-state index < -0.39 is 28.4 Å². The third-order valence-corrected chi connectivity index (χ3v) is 3.30. The van der Waals surface area contributed by atoms with Gasteiger partial charge in [0.1, 0.15) is 0 Å². The molecule has 0 saturated heterocycles. The van der Waals surface area contributed by atoms with Gasteiger partial charge in [0.2, 0.25) is 5.60 Å². The van der Waals surface area contributed by atoms with Crippen molar-refractivity contribution in [2.45, 2.75) is 47.1 Å². The summed E-state index contributed by atoms with van der Waals surface area (Å²) >= 11 is 0. The third-order valence-electron chi connectivity index (χ3n) is 3.30. The van der Waals surface area contributed by atoms with E-state index in [0.29, 0.717) is 0 Å². The van der Waals surface area contributed by atoms with Crippen LogP contribution in [0.1, 0.15) is 58.1 Å². The summed E-state index contributed by atoms with van der Waals surface area (Å²) in [6.07, 6.45) is -0.973. The van der Waals surface area contributed by atoms with Crippen LogP contribution in [-0.2, 0) is 10.3 Å². The molecule has 0 atom stereocenters. The van der Waals surface area contributed by atoms with Crippen LogP contribution < -0.4 is 11.5 Å². The zero-order valence-corrected chi connectivity index (χ0v) is 13.2. The molecule has 1 aromatic heterocycles. The Balaban J connectivity index is 3.62. The van der Waals surface area contributed by atoms with E-state index in [0.717, 1.165) is 0 Å². The average molecular weight is 298 g/mol. The van der Waals surface area contributed by atoms with Gasteiger partial charge >= 0.3 is 17.9 Å². The van der Waals surface area contributed by atoms with E-state index in [-0.39, 0.29) is 11.8 Å². The first-order chi connectivity index (χ1) is 9.33. The van der Waals surface area contributed by atoms with Crippen molar-refractivity contribution in [1.29, 1.82) is 0 Å². The molecule has 8 heteroatoms. The predicted molar refractivity (Wildman–Crippen MR) is 74.1 cm³/mol. The summed E-state index contributed by atoms with van der Waals surface area (Å²) in [6.45, 7) is 11.1. The minimum Gasteiger partial charge on any atom is -0.432 e. The first kappa shape index (κ1) is 16.9. The standard InChI is InChI=1S/C13H22N4O4/c1-11(2,3)13(12(4,5)6,21-10(15)19)9-17-16-8(20-9)7(14)18/h1-6H3,(H2,14,18)(H2,15,19). The van der Waals surface area contributed by atoms with Crippen LogP contribution in [0.3, 0.4) is 0 Å². The molecule has 0 radical (unpaired) electrons. The molecular formula is C13H22N4O4. The number of carbonyl (C=O) groups excluding carboxylic acids is 2. The van der Waals surface area contributed by atoms with Crippen LogP contribution in [0, 0.1) is 10.8 Å². The number of nitrogens with zero attached hydrogens (tertiary/aromatic N) is 2. The molecule has 1 aromatic rings. The number of aromatic nitrogens is 2. The minimum atomic E-state index is -1.33. The molecule has 1 heterocycles. The summed E-state index contributed by atoms with van der Waals surface area (Å²) in [6, 6.07) is 0. The Hall–Kier alpha value is -2.12. The molecule has 2 amide bonds. The van der Waals surface area contributed by atoms with Crippen molar-refractivity contribution in [2.24, 2.45) is 22.3 Å². The lowest BCUT2D eigenvalue weighted by atomic mass is 9.62. The van der Waals surface area contributed by atoms with Crippen molar-refractivity contribution in [3.8, 4) is 0 Å². The molecular weight excluding hydrogens is 276 g/mol. The SMILES string of the molecule is CC(C)(C)C(OC(N)=O)(c1nnc(C(N)=O)o1)C(C)(C)C. The highest BCUT2D eigenvalue weighted by Gasteiger charge is 2.59. The predicted octanol–water partition coefficient (Wildman–Crippen LogP) is 1.55. The van der Waals surface area contributed by atoms with Crippen molar-refractivity contribution in [1.82, 2.24) is 10.2 Å². The summed E-state index contributed by atoms with van der Waals surface area (Å²) < 4.78 is 10.8. The summed E-state index contributed by atoms with van der Waals surface area (Å²) in [7, 11) is 0. The minimum absolute atomic E-state index is 0.0184. The average Bonchev–Trinajstić information content (AvgIpc) is 2.70. The van der Waals surface area contributed by atoms with Crippen molar-refractivity contribution in [3.05, 3.63) is 11.8 Å². The Morgan fingerprint density at radius 2 is 1.48 bits per heavy atom. The molecule has 0 aliphatic carbocycles. The number of rotatable bonds is 3. The van der Waals surface area contributed by atoms with Crippen molar-refractivity contribution in [3.63, 3.8) is 0 Å². The smallest absolute Gasteiger partial charge is 0.405 e. The van der Waals surface area contributed by atoms with Gasteiger partial charge in [0.05, 0.1) is 0 Å². The fourth-order valence-electron chi connectivity index (χ4n) is 2.73. The van der Waals surface area contributed by atoms with Crippen molar-refractivity contribution in [2.75, 3.05) is 0 Å². The number of nitrogens with two attached hydrogens (primary N) is 2. The molecule has 0 spiro atoms. The van der Waals surface area contributed by atoms with Gasteiger partial charge in [-0.15, -0.1) is 10.2 Å². The van der Waals surface area contributed by atoms with Crippen LogP contribution in [0.15, 0.2) is 4.42 Å². The summed E-state index contributed by atoms with van der Waals surface area (Å²) in [5, 5.41) is 7.44. The van der Waals surface area contributed by atoms with E-state index >= 15 is 0 Å². The van der Waals surface area contributed by atoms with E-state index in [4.69, 9.17) is 20.6 Å². The van der Waals surface area contributed by atoms with E-state index in [2.05, 4.69) is 10.2 Å². The lowest BCUT2D eigenvalue weighted by Gasteiger charge is -2.48. The fraction of sp³-hybridized carbons (Fsp3) is 0.692. The number of amides is 2. The Morgan fingerprint density at radius 1 is 1.00 bits per heavy atom. The molecule has 0 unspecified atom stereocenters. The number of ether oxygens (including phenoxy) is 1. The van der Waals surface area contributed by atoms with Crippen LogP contribution in [0.4, 0.5) is 4.79 Å². The first-order valence-electron chi connectivity index (χ1n) is 6.45. The zero-order valence-electron chi connectivity index (χ0n) is 13.2. The van der Waals surface area contributed by atoms with E-state index in [1.165, 1.54) is 0 Å². The van der Waals surface area contributed by atoms with Crippen LogP contribution >= 0.6 is 0 Å². The maximum absolute atomic E-state index is 11.4. The van der Waals surface area contributed by atoms with Gasteiger partial charge in [-0.2, -0.15) is 0 Å². The van der Waals surface area contributed by atoms with Gasteiger partial charge in [0.25, 0.3) is 5.89 Å². The van der Waals surface area contributed by atoms with E-state index in [1.807, 2.05) is 41.5 Å². The normalized spacial score (nSPS) is 13.0. The van der Waals surface area contributed by atoms with Gasteiger partial charge < -0.3 is 20.6 Å². The molecule has 0 fully saturated rings. The van der Waals surface area contributed by atoms with Crippen molar-refractivity contribution < 1.29 is 18.7 Å². The van der Waals surface area contributed by atoms with Crippen LogP contribution in [0.2, 0.25) is 0 Å². The lowest BCUT2D eigenvalue weighted by Crippen LogP contribution is -2.54.